The van der Waals surface area contributed by atoms with Crippen LogP contribution in [-0.2, 0) is 20.4 Å². The minimum absolute atomic E-state index is 0.148. The Labute approximate surface area is 284 Å². The lowest BCUT2D eigenvalue weighted by molar-refractivity contribution is -0.146. The van der Waals surface area contributed by atoms with E-state index in [1.54, 1.807) is 18.2 Å². The largest absolute Gasteiger partial charge is 0.493 e. The molecule has 5 rings (SSSR count). The molecule has 2 aliphatic rings. The summed E-state index contributed by atoms with van der Waals surface area (Å²) in [6, 6.07) is 18.4. The van der Waals surface area contributed by atoms with Crippen molar-refractivity contribution < 1.29 is 33.3 Å². The van der Waals surface area contributed by atoms with Gasteiger partial charge in [-0.2, -0.15) is 0 Å². The van der Waals surface area contributed by atoms with Gasteiger partial charge in [0.05, 0.1) is 36.8 Å². The quantitative estimate of drug-likeness (QED) is 0.209. The fourth-order valence-corrected chi connectivity index (χ4v) is 7.23. The Morgan fingerprint density at radius 1 is 0.809 bits per heavy atom. The van der Waals surface area contributed by atoms with E-state index in [2.05, 4.69) is 4.90 Å². The van der Waals surface area contributed by atoms with Crippen molar-refractivity contribution in [3.63, 3.8) is 0 Å². The number of rotatable bonds is 10. The number of carbonyl (C=O) groups excluding carboxylic acids is 3. The van der Waals surface area contributed by atoms with Crippen LogP contribution in [0.25, 0.3) is 0 Å². The van der Waals surface area contributed by atoms with Crippen LogP contribution in [-0.4, -0.2) is 81.8 Å². The summed E-state index contributed by atoms with van der Waals surface area (Å²) < 4.78 is 21.3. The Kier molecular flexibility index (Phi) is 10.5. The summed E-state index contributed by atoms with van der Waals surface area (Å²) in [5, 5.41) is 0.918. The van der Waals surface area contributed by atoms with E-state index >= 15 is 0 Å². The predicted octanol–water partition coefficient (Wildman–Crippen LogP) is 5.85. The van der Waals surface area contributed by atoms with Gasteiger partial charge in [0.2, 0.25) is 5.75 Å². The van der Waals surface area contributed by atoms with Crippen LogP contribution in [0, 0.1) is 0 Å². The molecule has 2 saturated heterocycles. The summed E-state index contributed by atoms with van der Waals surface area (Å²) in [4.78, 5) is 42.8. The van der Waals surface area contributed by atoms with Crippen molar-refractivity contribution in [1.29, 1.82) is 0 Å². The number of hydrogen-bond acceptors (Lipinski definition) is 8. The zero-order valence-electron chi connectivity index (χ0n) is 26.7. The standard InChI is InChI=1S/C35H39Cl2N3O7/c1-44-28-19-23(20-29(45-2)30(28)46-3)31(41)40-18-12-34(22-40,25-9-10-26(36)27(37)21-25)11-15-39-16-13-35(14-17-39,32(42)47-33(38)43)24-7-5-4-6-8-24/h4-10,19-21H,11-18,22H2,1-3H3,(H2,38,43). The van der Waals surface area contributed by atoms with Gasteiger partial charge < -0.3 is 34.5 Å². The minimum atomic E-state index is -1.11. The van der Waals surface area contributed by atoms with Gasteiger partial charge in [0.25, 0.3) is 5.91 Å². The molecule has 47 heavy (non-hydrogen) atoms. The zero-order chi connectivity index (χ0) is 33.8. The number of nitrogens with zero attached hydrogens (tertiary/aromatic N) is 2. The molecule has 0 saturated carbocycles. The number of likely N-dealkylation sites (tertiary alicyclic amines) is 2. The third-order valence-electron chi connectivity index (χ3n) is 9.61. The molecule has 2 aliphatic heterocycles. The summed E-state index contributed by atoms with van der Waals surface area (Å²) >= 11 is 12.8. The van der Waals surface area contributed by atoms with Gasteiger partial charge in [-0.3, -0.25) is 9.59 Å². The molecule has 3 aromatic carbocycles. The second-order valence-electron chi connectivity index (χ2n) is 12.0. The average molecular weight is 685 g/mol. The van der Waals surface area contributed by atoms with E-state index in [1.165, 1.54) is 21.3 Å². The number of halogens is 2. The molecule has 2 heterocycles. The highest BCUT2D eigenvalue weighted by Gasteiger charge is 2.46. The first-order chi connectivity index (χ1) is 22.6. The molecule has 0 radical (unpaired) electrons. The summed E-state index contributed by atoms with van der Waals surface area (Å²) in [5.74, 6) is 0.450. The molecule has 0 aromatic heterocycles. The fraction of sp³-hybridized carbons (Fsp3) is 0.400. The van der Waals surface area contributed by atoms with Crippen molar-refractivity contribution in [2.75, 3.05) is 54.1 Å². The third kappa shape index (κ3) is 7.00. The molecule has 10 nitrogen and oxygen atoms in total. The lowest BCUT2D eigenvalue weighted by Crippen LogP contribution is -2.49. The molecule has 250 valence electrons. The molecule has 0 bridgehead atoms. The van der Waals surface area contributed by atoms with E-state index in [4.69, 9.17) is 47.9 Å². The van der Waals surface area contributed by atoms with Gasteiger partial charge in [-0.05, 0) is 80.7 Å². The molecule has 3 aromatic rings. The van der Waals surface area contributed by atoms with Crippen LogP contribution in [0.15, 0.2) is 60.7 Å². The van der Waals surface area contributed by atoms with Crippen molar-refractivity contribution in [2.45, 2.75) is 36.5 Å². The molecule has 0 aliphatic carbocycles. The van der Waals surface area contributed by atoms with Crippen molar-refractivity contribution in [3.8, 4) is 17.2 Å². The third-order valence-corrected chi connectivity index (χ3v) is 10.4. The maximum Gasteiger partial charge on any atom is 0.412 e. The average Bonchev–Trinajstić information content (AvgIpc) is 3.53. The molecular weight excluding hydrogens is 645 g/mol. The summed E-state index contributed by atoms with van der Waals surface area (Å²) in [6.07, 6.45) is 1.27. The van der Waals surface area contributed by atoms with Crippen LogP contribution < -0.4 is 19.9 Å². The van der Waals surface area contributed by atoms with Crippen LogP contribution in [0.5, 0.6) is 17.2 Å². The second-order valence-corrected chi connectivity index (χ2v) is 12.9. The number of amides is 2. The van der Waals surface area contributed by atoms with Crippen LogP contribution in [0.3, 0.4) is 0 Å². The molecular formula is C35H39Cl2N3O7. The number of primary amides is 1. The molecule has 1 unspecified atom stereocenters. The number of esters is 1. The van der Waals surface area contributed by atoms with Crippen LogP contribution in [0.2, 0.25) is 10.0 Å². The van der Waals surface area contributed by atoms with E-state index in [1.807, 2.05) is 47.4 Å². The Morgan fingerprint density at radius 3 is 2.04 bits per heavy atom. The van der Waals surface area contributed by atoms with Gasteiger partial charge >= 0.3 is 12.1 Å². The smallest absolute Gasteiger partial charge is 0.412 e. The molecule has 1 atom stereocenters. The van der Waals surface area contributed by atoms with E-state index in [-0.39, 0.29) is 5.91 Å². The normalized spacial score (nSPS) is 19.2. The Hall–Kier alpha value is -3.99. The van der Waals surface area contributed by atoms with E-state index in [9.17, 15) is 14.4 Å². The van der Waals surface area contributed by atoms with Crippen LogP contribution in [0.4, 0.5) is 4.79 Å². The lowest BCUT2D eigenvalue weighted by Gasteiger charge is -2.41. The van der Waals surface area contributed by atoms with Crippen molar-refractivity contribution >= 4 is 41.2 Å². The first kappa shape index (κ1) is 34.3. The summed E-state index contributed by atoms with van der Waals surface area (Å²) in [5.41, 5.74) is 6.10. The first-order valence-electron chi connectivity index (χ1n) is 15.4. The lowest BCUT2D eigenvalue weighted by atomic mass is 9.72. The molecule has 2 amide bonds. The Bertz CT molecular complexity index is 1600. The number of methoxy groups -OCH3 is 3. The van der Waals surface area contributed by atoms with E-state index in [0.717, 1.165) is 17.5 Å². The monoisotopic (exact) mass is 683 g/mol. The highest BCUT2D eigenvalue weighted by molar-refractivity contribution is 6.42. The topological polar surface area (TPSA) is 121 Å². The Balaban J connectivity index is 1.37. The van der Waals surface area contributed by atoms with E-state index < -0.39 is 22.9 Å². The van der Waals surface area contributed by atoms with Gasteiger partial charge in [-0.25, -0.2) is 4.79 Å². The first-order valence-corrected chi connectivity index (χ1v) is 16.2. The number of carbonyl (C=O) groups is 3. The summed E-state index contributed by atoms with van der Waals surface area (Å²) in [6.45, 7) is 2.92. The second kappa shape index (κ2) is 14.4. The van der Waals surface area contributed by atoms with Gasteiger partial charge in [-0.15, -0.1) is 0 Å². The SMILES string of the molecule is COc1cc(C(=O)N2CCC(CCN3CCC(C(=O)OC(N)=O)(c4ccccc4)CC3)(c3ccc(Cl)c(Cl)c3)C2)cc(OC)c1OC. The zero-order valence-corrected chi connectivity index (χ0v) is 28.2. The highest BCUT2D eigenvalue weighted by atomic mass is 35.5. The van der Waals surface area contributed by atoms with Gasteiger partial charge in [0.15, 0.2) is 11.5 Å². The maximum absolute atomic E-state index is 13.9. The number of hydrogen-bond donors (Lipinski definition) is 1. The molecule has 0 spiro atoms. The van der Waals surface area contributed by atoms with Gasteiger partial charge in [0, 0.05) is 24.1 Å². The highest BCUT2D eigenvalue weighted by Crippen LogP contribution is 2.43. The molecule has 12 heteroatoms. The van der Waals surface area contributed by atoms with E-state index in [0.29, 0.717) is 84.8 Å². The van der Waals surface area contributed by atoms with Gasteiger partial charge in [0.1, 0.15) is 0 Å². The van der Waals surface area contributed by atoms with Crippen LogP contribution in [0.1, 0.15) is 47.2 Å². The van der Waals surface area contributed by atoms with Gasteiger partial charge in [-0.1, -0.05) is 59.6 Å². The molecule has 2 fully saturated rings. The van der Waals surface area contributed by atoms with Crippen molar-refractivity contribution in [1.82, 2.24) is 9.80 Å². The van der Waals surface area contributed by atoms with Crippen LogP contribution >= 0.6 is 23.2 Å². The summed E-state index contributed by atoms with van der Waals surface area (Å²) in [7, 11) is 4.55. The number of ether oxygens (including phenoxy) is 4. The Morgan fingerprint density at radius 2 is 1.47 bits per heavy atom. The predicted molar refractivity (Wildman–Crippen MR) is 179 cm³/mol. The minimum Gasteiger partial charge on any atom is -0.493 e. The number of benzene rings is 3. The maximum atomic E-state index is 13.9. The molecule has 2 N–H and O–H groups in total. The fourth-order valence-electron chi connectivity index (χ4n) is 6.93. The number of nitrogens with two attached hydrogens (primary N) is 1. The van der Waals surface area contributed by atoms with Crippen molar-refractivity contribution in [2.24, 2.45) is 5.73 Å². The van der Waals surface area contributed by atoms with Crippen molar-refractivity contribution in [3.05, 3.63) is 87.4 Å². The number of piperidine rings is 1.